The van der Waals surface area contributed by atoms with Gasteiger partial charge in [-0.3, -0.25) is 9.98 Å². The predicted octanol–water partition coefficient (Wildman–Crippen LogP) is 4.46. The molecule has 0 amide bonds. The molecule has 0 atom stereocenters. The summed E-state index contributed by atoms with van der Waals surface area (Å²) in [6.07, 6.45) is 9.61. The van der Waals surface area contributed by atoms with Crippen LogP contribution in [-0.4, -0.2) is 39.6 Å². The number of nitrogens with zero attached hydrogens (tertiary/aromatic N) is 6. The molecule has 0 unspecified atom stereocenters. The second kappa shape index (κ2) is 10.3. The quantitative estimate of drug-likeness (QED) is 0.530. The van der Waals surface area contributed by atoms with Gasteiger partial charge in [-0.1, -0.05) is 6.07 Å². The van der Waals surface area contributed by atoms with E-state index in [9.17, 15) is 8.78 Å². The molecule has 0 aliphatic carbocycles. The van der Waals surface area contributed by atoms with Crippen molar-refractivity contribution in [3.63, 3.8) is 0 Å². The van der Waals surface area contributed by atoms with Gasteiger partial charge in [0.1, 0.15) is 17.3 Å². The summed E-state index contributed by atoms with van der Waals surface area (Å²) in [4.78, 5) is 14.4. The Labute approximate surface area is 184 Å². The van der Waals surface area contributed by atoms with Crippen LogP contribution in [0.1, 0.15) is 16.8 Å². The molecule has 3 aromatic rings. The van der Waals surface area contributed by atoms with Gasteiger partial charge in [0.2, 0.25) is 0 Å². The monoisotopic (exact) mass is 435 g/mol. The molecular weight excluding hydrogens is 412 g/mol. The van der Waals surface area contributed by atoms with Crippen LogP contribution in [0.5, 0.6) is 0 Å². The fourth-order valence-corrected chi connectivity index (χ4v) is 2.85. The van der Waals surface area contributed by atoms with Crippen molar-refractivity contribution in [2.75, 3.05) is 7.05 Å². The van der Waals surface area contributed by atoms with E-state index in [4.69, 9.17) is 5.73 Å². The van der Waals surface area contributed by atoms with E-state index < -0.39 is 11.6 Å². The van der Waals surface area contributed by atoms with E-state index in [1.807, 2.05) is 19.1 Å². The van der Waals surface area contributed by atoms with Crippen molar-refractivity contribution >= 4 is 36.2 Å². The average molecular weight is 435 g/mol. The molecule has 2 aromatic heterocycles. The van der Waals surface area contributed by atoms with E-state index in [1.54, 1.807) is 43.0 Å². The zero-order valence-electron chi connectivity index (χ0n) is 17.8. The second-order valence-electron chi connectivity index (χ2n) is 6.97. The lowest BCUT2D eigenvalue weighted by Gasteiger charge is -2.14. The Morgan fingerprint density at radius 1 is 1.25 bits per heavy atom. The van der Waals surface area contributed by atoms with Crippen molar-refractivity contribution in [3.8, 4) is 0 Å². The van der Waals surface area contributed by atoms with Gasteiger partial charge in [-0.25, -0.2) is 18.5 Å². The molecule has 0 spiro atoms. The average Bonchev–Trinajstić information content (AvgIpc) is 3.18. The summed E-state index contributed by atoms with van der Waals surface area (Å²) in [6.45, 7) is 5.66. The van der Waals surface area contributed by atoms with Crippen LogP contribution >= 0.6 is 0 Å². The Hall–Kier alpha value is -4.14. The van der Waals surface area contributed by atoms with E-state index in [0.717, 1.165) is 23.4 Å². The first-order valence-corrected chi connectivity index (χ1v) is 9.67. The number of aliphatic imine (C=N–C) groups is 2. The summed E-state index contributed by atoms with van der Waals surface area (Å²) in [6, 6.07) is 7.16. The van der Waals surface area contributed by atoms with Crippen molar-refractivity contribution in [2.45, 2.75) is 13.5 Å². The van der Waals surface area contributed by atoms with Gasteiger partial charge < -0.3 is 10.6 Å². The molecule has 9 heteroatoms. The van der Waals surface area contributed by atoms with Gasteiger partial charge in [0.15, 0.2) is 5.82 Å². The lowest BCUT2D eigenvalue weighted by atomic mass is 10.1. The summed E-state index contributed by atoms with van der Waals surface area (Å²) in [5, 5.41) is 4.24. The molecule has 7 nitrogen and oxygen atoms in total. The van der Waals surface area contributed by atoms with E-state index in [0.29, 0.717) is 17.1 Å². The molecule has 0 fully saturated rings. The molecular formula is C23H23F2N7. The third kappa shape index (κ3) is 5.51. The first-order chi connectivity index (χ1) is 15.4. The number of hydrogen-bond acceptors (Lipinski definition) is 6. The summed E-state index contributed by atoms with van der Waals surface area (Å²) >= 11 is 0. The van der Waals surface area contributed by atoms with Crippen LogP contribution < -0.4 is 5.73 Å². The minimum absolute atomic E-state index is 0.179. The van der Waals surface area contributed by atoms with Gasteiger partial charge in [-0.05, 0) is 37.9 Å². The topological polar surface area (TPSA) is 84.7 Å². The maximum absolute atomic E-state index is 13.8. The molecule has 0 saturated heterocycles. The van der Waals surface area contributed by atoms with Crippen molar-refractivity contribution in [1.82, 2.24) is 19.7 Å². The lowest BCUT2D eigenvalue weighted by Crippen LogP contribution is -2.12. The van der Waals surface area contributed by atoms with Crippen molar-refractivity contribution < 1.29 is 8.78 Å². The second-order valence-corrected chi connectivity index (χ2v) is 6.97. The summed E-state index contributed by atoms with van der Waals surface area (Å²) < 4.78 is 28.7. The predicted molar refractivity (Wildman–Crippen MR) is 124 cm³/mol. The number of aromatic nitrogens is 3. The Morgan fingerprint density at radius 3 is 2.75 bits per heavy atom. The van der Waals surface area contributed by atoms with Crippen LogP contribution in [0.25, 0.3) is 11.8 Å². The summed E-state index contributed by atoms with van der Waals surface area (Å²) in [7, 11) is 1.73. The highest BCUT2D eigenvalue weighted by Crippen LogP contribution is 2.28. The smallest absolute Gasteiger partial charge is 0.180 e. The number of hydrogen-bond donors (Lipinski definition) is 1. The molecule has 0 aliphatic heterocycles. The maximum atomic E-state index is 13.8. The van der Waals surface area contributed by atoms with Gasteiger partial charge >= 0.3 is 0 Å². The normalized spacial score (nSPS) is 12.1. The molecule has 2 heterocycles. The Morgan fingerprint density at radius 2 is 2.06 bits per heavy atom. The van der Waals surface area contributed by atoms with E-state index >= 15 is 0 Å². The van der Waals surface area contributed by atoms with Crippen LogP contribution in [-0.2, 0) is 6.54 Å². The van der Waals surface area contributed by atoms with Crippen LogP contribution in [0, 0.1) is 18.6 Å². The SMILES string of the molecule is C=Nc1c(N=CC(=CN)c2ccc(C)nc2)cnn1/C=C\N(C)Cc1cc(F)ccc1F. The molecule has 0 saturated carbocycles. The van der Waals surface area contributed by atoms with Gasteiger partial charge in [0, 0.05) is 67.0 Å². The van der Waals surface area contributed by atoms with Crippen molar-refractivity contribution in [3.05, 3.63) is 83.6 Å². The van der Waals surface area contributed by atoms with E-state index in [2.05, 4.69) is 26.8 Å². The lowest BCUT2D eigenvalue weighted by molar-refractivity contribution is 0.435. The Balaban J connectivity index is 1.75. The number of rotatable bonds is 8. The fraction of sp³-hybridized carbons (Fsp3) is 0.130. The van der Waals surface area contributed by atoms with E-state index in [1.165, 1.54) is 16.9 Å². The number of pyridine rings is 1. The molecule has 32 heavy (non-hydrogen) atoms. The van der Waals surface area contributed by atoms with Crippen LogP contribution in [0.3, 0.4) is 0 Å². The molecule has 0 bridgehead atoms. The molecule has 0 radical (unpaired) electrons. The minimum Gasteiger partial charge on any atom is -0.404 e. The van der Waals surface area contributed by atoms with Gasteiger partial charge in [-0.2, -0.15) is 5.10 Å². The maximum Gasteiger partial charge on any atom is 0.180 e. The first-order valence-electron chi connectivity index (χ1n) is 9.67. The third-order valence-electron chi connectivity index (χ3n) is 4.56. The van der Waals surface area contributed by atoms with Gasteiger partial charge in [0.05, 0.1) is 6.20 Å². The highest BCUT2D eigenvalue weighted by atomic mass is 19.1. The molecule has 164 valence electrons. The molecule has 0 aliphatic rings. The number of allylic oxidation sites excluding steroid dienone is 1. The van der Waals surface area contributed by atoms with Crippen LogP contribution in [0.15, 0.2) is 65.1 Å². The number of nitrogens with two attached hydrogens (primary N) is 1. The first kappa shape index (κ1) is 22.5. The van der Waals surface area contributed by atoms with E-state index in [-0.39, 0.29) is 12.1 Å². The van der Waals surface area contributed by atoms with Crippen molar-refractivity contribution in [2.24, 2.45) is 15.7 Å². The largest absolute Gasteiger partial charge is 0.404 e. The van der Waals surface area contributed by atoms with Crippen LogP contribution in [0.2, 0.25) is 0 Å². The molecule has 3 rings (SSSR count). The van der Waals surface area contributed by atoms with Gasteiger partial charge in [0.25, 0.3) is 0 Å². The van der Waals surface area contributed by atoms with Gasteiger partial charge in [-0.15, -0.1) is 0 Å². The fourth-order valence-electron chi connectivity index (χ4n) is 2.85. The highest BCUT2D eigenvalue weighted by molar-refractivity contribution is 6.10. The zero-order valence-corrected chi connectivity index (χ0v) is 17.8. The standard InChI is InChI=1S/C23H23F2N7/c1-16-4-5-17(12-28-16)19(11-26)13-29-22-14-30-32(23(22)27-2)9-8-31(3)15-18-10-20(24)6-7-21(18)25/h4-14H,2,15,26H2,1,3H3/b9-8-,19-11?,29-13?. The minimum atomic E-state index is -0.487. The Kier molecular flexibility index (Phi) is 7.22. The highest BCUT2D eigenvalue weighted by Gasteiger charge is 2.08. The number of benzene rings is 1. The third-order valence-corrected chi connectivity index (χ3v) is 4.56. The van der Waals surface area contributed by atoms with Crippen molar-refractivity contribution in [1.29, 1.82) is 0 Å². The Bertz CT molecular complexity index is 1180. The summed E-state index contributed by atoms with van der Waals surface area (Å²) in [5.74, 6) is -0.539. The number of halogens is 2. The molecule has 1 aromatic carbocycles. The number of aryl methyl sites for hydroxylation is 1. The zero-order chi connectivity index (χ0) is 23.1. The summed E-state index contributed by atoms with van der Waals surface area (Å²) in [5.41, 5.74) is 8.89. The molecule has 2 N–H and O–H groups in total. The van der Waals surface area contributed by atoms with Crippen LogP contribution in [0.4, 0.5) is 20.3 Å².